The average molecular weight is 602 g/mol. The minimum Gasteiger partial charge on any atom is -0.493 e. The van der Waals surface area contributed by atoms with E-state index in [4.69, 9.17) is 8.92 Å². The molecular weight excluding hydrogens is 579 g/mol. The third-order valence-electron chi connectivity index (χ3n) is 5.05. The predicted molar refractivity (Wildman–Crippen MR) is 143 cm³/mol. The fraction of sp³-hybridized carbons (Fsp3) is 0.154. The first-order chi connectivity index (χ1) is 16.7. The van der Waals surface area contributed by atoms with Gasteiger partial charge in [-0.1, -0.05) is 36.8 Å². The Hall–Kier alpha value is -3.36. The molecule has 0 saturated carbocycles. The lowest BCUT2D eigenvalue weighted by molar-refractivity contribution is -0.112. The quantitative estimate of drug-likeness (QED) is 0.158. The van der Waals surface area contributed by atoms with Crippen molar-refractivity contribution < 1.29 is 22.1 Å². The molecular formula is C26H23IN2O5S. The Morgan fingerprint density at radius 1 is 1.11 bits per heavy atom. The van der Waals surface area contributed by atoms with Crippen molar-refractivity contribution in [3.05, 3.63) is 86.5 Å². The number of benzene rings is 3. The highest BCUT2D eigenvalue weighted by Crippen LogP contribution is 2.36. The standard InChI is InChI=1S/C26H23IN2O5S/c1-4-18-7-9-21(10-8-18)29-26(30)20(16-28)13-19-14-23(27)25(24(15-19)33-3)34-35(31,32)22-11-5-17(2)6-12-22/h5-15H,4H2,1-3H3,(H,29,30)/b20-13+. The van der Waals surface area contributed by atoms with Gasteiger partial charge in [0.05, 0.1) is 10.7 Å². The number of ether oxygens (including phenoxy) is 1. The summed E-state index contributed by atoms with van der Waals surface area (Å²) in [5.41, 5.74) is 2.98. The minimum absolute atomic E-state index is 0.0142. The molecule has 1 N–H and O–H groups in total. The number of aryl methyl sites for hydroxylation is 2. The van der Waals surface area contributed by atoms with Crippen LogP contribution in [0.15, 0.2) is 71.1 Å². The Kier molecular flexibility index (Phi) is 8.53. The Labute approximate surface area is 218 Å². The van der Waals surface area contributed by atoms with E-state index >= 15 is 0 Å². The Morgan fingerprint density at radius 3 is 2.34 bits per heavy atom. The second-order valence-electron chi connectivity index (χ2n) is 7.56. The average Bonchev–Trinajstić information content (AvgIpc) is 2.84. The lowest BCUT2D eigenvalue weighted by Gasteiger charge is -2.14. The summed E-state index contributed by atoms with van der Waals surface area (Å²) in [5.74, 6) is -0.399. The molecule has 0 aliphatic carbocycles. The summed E-state index contributed by atoms with van der Waals surface area (Å²) in [5, 5.41) is 12.3. The maximum absolute atomic E-state index is 12.8. The highest BCUT2D eigenvalue weighted by molar-refractivity contribution is 14.1. The molecule has 0 aliphatic rings. The van der Waals surface area contributed by atoms with Crippen LogP contribution in [-0.2, 0) is 21.3 Å². The summed E-state index contributed by atoms with van der Waals surface area (Å²) >= 11 is 1.92. The molecule has 0 heterocycles. The van der Waals surface area contributed by atoms with Crippen LogP contribution in [0, 0.1) is 21.8 Å². The van der Waals surface area contributed by atoms with Gasteiger partial charge in [-0.2, -0.15) is 13.7 Å². The van der Waals surface area contributed by atoms with Crippen LogP contribution >= 0.6 is 22.6 Å². The van der Waals surface area contributed by atoms with Crippen molar-refractivity contribution in [2.45, 2.75) is 25.2 Å². The lowest BCUT2D eigenvalue weighted by atomic mass is 10.1. The molecule has 0 saturated heterocycles. The number of carbonyl (C=O) groups is 1. The summed E-state index contributed by atoms with van der Waals surface area (Å²) in [6.45, 7) is 3.89. The van der Waals surface area contributed by atoms with E-state index < -0.39 is 16.0 Å². The smallest absolute Gasteiger partial charge is 0.339 e. The van der Waals surface area contributed by atoms with Crippen molar-refractivity contribution in [3.63, 3.8) is 0 Å². The number of nitrogens with one attached hydrogen (secondary N) is 1. The fourth-order valence-corrected chi connectivity index (χ4v) is 4.95. The molecule has 0 atom stereocenters. The SMILES string of the molecule is CCc1ccc(NC(=O)/C(C#N)=C/c2cc(I)c(OS(=O)(=O)c3ccc(C)cc3)c(OC)c2)cc1. The highest BCUT2D eigenvalue weighted by atomic mass is 127. The Balaban J connectivity index is 1.88. The number of hydrogen-bond donors (Lipinski definition) is 1. The normalized spacial score (nSPS) is 11.5. The van der Waals surface area contributed by atoms with Gasteiger partial charge in [-0.25, -0.2) is 0 Å². The van der Waals surface area contributed by atoms with Gasteiger partial charge in [-0.3, -0.25) is 4.79 Å². The van der Waals surface area contributed by atoms with Crippen LogP contribution in [-0.4, -0.2) is 21.4 Å². The fourth-order valence-electron chi connectivity index (χ4n) is 3.10. The van der Waals surface area contributed by atoms with E-state index in [2.05, 4.69) is 5.32 Å². The summed E-state index contributed by atoms with van der Waals surface area (Å²) in [4.78, 5) is 12.7. The zero-order valence-electron chi connectivity index (χ0n) is 19.3. The van der Waals surface area contributed by atoms with Gasteiger partial charge in [0, 0.05) is 5.69 Å². The molecule has 0 aromatic heterocycles. The van der Waals surface area contributed by atoms with Crippen molar-refractivity contribution in [1.82, 2.24) is 0 Å². The monoisotopic (exact) mass is 602 g/mol. The topological polar surface area (TPSA) is 105 Å². The van der Waals surface area contributed by atoms with Crippen LogP contribution in [0.1, 0.15) is 23.6 Å². The van der Waals surface area contributed by atoms with Gasteiger partial charge in [-0.15, -0.1) is 0 Å². The molecule has 7 nitrogen and oxygen atoms in total. The van der Waals surface area contributed by atoms with Crippen LogP contribution in [0.5, 0.6) is 11.5 Å². The van der Waals surface area contributed by atoms with E-state index in [1.54, 1.807) is 30.3 Å². The van der Waals surface area contributed by atoms with E-state index in [1.807, 2.05) is 54.6 Å². The number of nitrogens with zero attached hydrogens (tertiary/aromatic N) is 1. The van der Waals surface area contributed by atoms with E-state index in [0.717, 1.165) is 17.5 Å². The summed E-state index contributed by atoms with van der Waals surface area (Å²) in [6, 6.07) is 18.7. The maximum atomic E-state index is 12.8. The second-order valence-corrected chi connectivity index (χ2v) is 10.3. The molecule has 9 heteroatoms. The van der Waals surface area contributed by atoms with Gasteiger partial charge >= 0.3 is 10.1 Å². The first-order valence-corrected chi connectivity index (χ1v) is 13.1. The molecule has 3 aromatic carbocycles. The zero-order chi connectivity index (χ0) is 25.6. The Bertz CT molecular complexity index is 1410. The van der Waals surface area contributed by atoms with Gasteiger partial charge in [0.15, 0.2) is 11.5 Å². The molecule has 3 aromatic rings. The van der Waals surface area contributed by atoms with Crippen LogP contribution < -0.4 is 14.2 Å². The molecule has 1 amide bonds. The third-order valence-corrected chi connectivity index (χ3v) is 7.09. The molecule has 0 unspecified atom stereocenters. The minimum atomic E-state index is -4.10. The van der Waals surface area contributed by atoms with Crippen molar-refractivity contribution in [2.24, 2.45) is 0 Å². The number of nitriles is 1. The number of amides is 1. The summed E-state index contributed by atoms with van der Waals surface area (Å²) in [7, 11) is -2.72. The number of hydrogen-bond acceptors (Lipinski definition) is 6. The molecule has 0 aliphatic heterocycles. The predicted octanol–water partition coefficient (Wildman–Crippen LogP) is 5.48. The van der Waals surface area contributed by atoms with Gasteiger partial charge in [0.1, 0.15) is 16.5 Å². The van der Waals surface area contributed by atoms with Crippen molar-refractivity contribution in [1.29, 1.82) is 5.26 Å². The van der Waals surface area contributed by atoms with Gasteiger partial charge in [-0.05, 0) is 89.5 Å². The second kappa shape index (κ2) is 11.4. The molecule has 0 fully saturated rings. The van der Waals surface area contributed by atoms with E-state index in [1.165, 1.54) is 31.4 Å². The molecule has 35 heavy (non-hydrogen) atoms. The summed E-state index contributed by atoms with van der Waals surface area (Å²) in [6.07, 6.45) is 2.28. The van der Waals surface area contributed by atoms with Crippen LogP contribution in [0.3, 0.4) is 0 Å². The van der Waals surface area contributed by atoms with Crippen molar-refractivity contribution in [2.75, 3.05) is 12.4 Å². The van der Waals surface area contributed by atoms with E-state index in [0.29, 0.717) is 14.8 Å². The van der Waals surface area contributed by atoms with Crippen LogP contribution in [0.2, 0.25) is 0 Å². The molecule has 3 rings (SSSR count). The highest BCUT2D eigenvalue weighted by Gasteiger charge is 2.22. The van der Waals surface area contributed by atoms with Gasteiger partial charge < -0.3 is 14.2 Å². The lowest BCUT2D eigenvalue weighted by Crippen LogP contribution is -2.13. The van der Waals surface area contributed by atoms with Gasteiger partial charge in [0.25, 0.3) is 5.91 Å². The number of methoxy groups -OCH3 is 1. The summed E-state index contributed by atoms with van der Waals surface area (Å²) < 4.78 is 36.7. The van der Waals surface area contributed by atoms with E-state index in [9.17, 15) is 18.5 Å². The molecule has 180 valence electrons. The van der Waals surface area contributed by atoms with Crippen molar-refractivity contribution >= 4 is 50.4 Å². The van der Waals surface area contributed by atoms with Crippen LogP contribution in [0.25, 0.3) is 6.08 Å². The van der Waals surface area contributed by atoms with E-state index in [-0.39, 0.29) is 22.0 Å². The number of halogens is 1. The zero-order valence-corrected chi connectivity index (χ0v) is 22.3. The third kappa shape index (κ3) is 6.61. The number of carbonyl (C=O) groups excluding carboxylic acids is 1. The largest absolute Gasteiger partial charge is 0.493 e. The van der Waals surface area contributed by atoms with Crippen molar-refractivity contribution in [3.8, 4) is 17.6 Å². The maximum Gasteiger partial charge on any atom is 0.339 e. The Morgan fingerprint density at radius 2 is 1.77 bits per heavy atom. The molecule has 0 spiro atoms. The number of anilines is 1. The van der Waals surface area contributed by atoms with Gasteiger partial charge in [0.2, 0.25) is 0 Å². The first kappa shape index (κ1) is 26.2. The van der Waals surface area contributed by atoms with Crippen LogP contribution in [0.4, 0.5) is 5.69 Å². The molecule has 0 radical (unpaired) electrons. The number of rotatable bonds is 8. The first-order valence-electron chi connectivity index (χ1n) is 10.6. The molecule has 0 bridgehead atoms.